The molecule has 4 nitrogen and oxygen atoms in total. The third-order valence-electron chi connectivity index (χ3n) is 5.99. The summed E-state index contributed by atoms with van der Waals surface area (Å²) in [5.74, 6) is -0.101. The summed E-state index contributed by atoms with van der Waals surface area (Å²) < 4.78 is 0. The molecule has 2 N–H and O–H groups in total. The number of unbranched alkanes of at least 4 members (excludes halogenated alkanes) is 5. The van der Waals surface area contributed by atoms with Crippen LogP contribution in [0.1, 0.15) is 105 Å². The third kappa shape index (κ3) is 8.69. The monoisotopic (exact) mass is 398 g/mol. The summed E-state index contributed by atoms with van der Waals surface area (Å²) in [4.78, 5) is 5.47. The first kappa shape index (κ1) is 27.8. The second-order valence-electron chi connectivity index (χ2n) is 8.35. The first-order valence-electron chi connectivity index (χ1n) is 12.5. The van der Waals surface area contributed by atoms with Crippen molar-refractivity contribution in [1.29, 1.82) is 0 Å². The van der Waals surface area contributed by atoms with Crippen molar-refractivity contribution in [1.82, 2.24) is 20.4 Å². The molecule has 0 fully saturated rings. The van der Waals surface area contributed by atoms with E-state index >= 15 is 0 Å². The van der Waals surface area contributed by atoms with Crippen LogP contribution in [0.3, 0.4) is 0 Å². The van der Waals surface area contributed by atoms with E-state index in [1.165, 1.54) is 70.6 Å². The van der Waals surface area contributed by atoms with Gasteiger partial charge in [-0.2, -0.15) is 0 Å². The molecule has 170 valence electrons. The zero-order chi connectivity index (χ0) is 21.3. The summed E-state index contributed by atoms with van der Waals surface area (Å²) in [6, 6.07) is 0.430. The third-order valence-corrected chi connectivity index (χ3v) is 5.99. The van der Waals surface area contributed by atoms with Crippen LogP contribution in [-0.2, 0) is 0 Å². The Balaban J connectivity index is 5.58. The van der Waals surface area contributed by atoms with Gasteiger partial charge in [-0.15, -0.1) is 0 Å². The lowest BCUT2D eigenvalue weighted by Gasteiger charge is -2.55. The Hall–Kier alpha value is -0.160. The van der Waals surface area contributed by atoms with Gasteiger partial charge in [0.25, 0.3) is 0 Å². The molecule has 0 aliphatic heterocycles. The zero-order valence-electron chi connectivity index (χ0n) is 20.6. The lowest BCUT2D eigenvalue weighted by atomic mass is 9.96. The molecule has 0 aliphatic rings. The smallest absolute Gasteiger partial charge is 0.144 e. The van der Waals surface area contributed by atoms with E-state index in [2.05, 4.69) is 69.1 Å². The summed E-state index contributed by atoms with van der Waals surface area (Å²) >= 11 is 0. The molecule has 28 heavy (non-hydrogen) atoms. The van der Waals surface area contributed by atoms with Crippen LogP contribution in [-0.4, -0.2) is 61.9 Å². The second-order valence-corrected chi connectivity index (χ2v) is 8.35. The van der Waals surface area contributed by atoms with Crippen molar-refractivity contribution in [2.45, 2.75) is 117 Å². The standard InChI is InChI=1S/C24H54N4/c1-8-13-14-15-16-17-18-23(25-6)24(26-7,27(19-9-2)20-10-3)28(21-11-4)22-12-5/h23,25-26H,8-22H2,1-7H3. The first-order chi connectivity index (χ1) is 13.6. The Kier molecular flexibility index (Phi) is 17.6. The van der Waals surface area contributed by atoms with Crippen molar-refractivity contribution in [3.8, 4) is 0 Å². The molecule has 4 heteroatoms. The molecular formula is C24H54N4. The lowest BCUT2D eigenvalue weighted by Crippen LogP contribution is -2.76. The van der Waals surface area contributed by atoms with Crippen LogP contribution in [0.2, 0.25) is 0 Å². The molecule has 0 rings (SSSR count). The number of hydrogen-bond acceptors (Lipinski definition) is 4. The maximum Gasteiger partial charge on any atom is 0.144 e. The molecular weight excluding hydrogens is 344 g/mol. The number of nitrogens with zero attached hydrogens (tertiary/aromatic N) is 2. The number of hydrogen-bond donors (Lipinski definition) is 2. The average Bonchev–Trinajstić information content (AvgIpc) is 2.70. The Morgan fingerprint density at radius 1 is 0.607 bits per heavy atom. The van der Waals surface area contributed by atoms with E-state index in [9.17, 15) is 0 Å². The molecule has 0 saturated heterocycles. The molecule has 1 unspecified atom stereocenters. The van der Waals surface area contributed by atoms with Crippen molar-refractivity contribution in [3.05, 3.63) is 0 Å². The van der Waals surface area contributed by atoms with E-state index in [0.29, 0.717) is 6.04 Å². The van der Waals surface area contributed by atoms with Crippen LogP contribution in [0.25, 0.3) is 0 Å². The van der Waals surface area contributed by atoms with E-state index in [4.69, 9.17) is 0 Å². The maximum absolute atomic E-state index is 3.86. The fraction of sp³-hybridized carbons (Fsp3) is 1.00. The normalized spacial score (nSPS) is 13.6. The Morgan fingerprint density at radius 2 is 1.04 bits per heavy atom. The highest BCUT2D eigenvalue weighted by molar-refractivity contribution is 4.97. The van der Waals surface area contributed by atoms with Gasteiger partial charge in [-0.05, 0) is 46.2 Å². The minimum atomic E-state index is -0.101. The second kappa shape index (κ2) is 17.7. The average molecular weight is 399 g/mol. The number of nitrogens with one attached hydrogen (secondary N) is 2. The SMILES string of the molecule is CCCCCCCCC(NC)C(NC)(N(CCC)CCC)N(CCC)CCC. The van der Waals surface area contributed by atoms with Crippen molar-refractivity contribution in [3.63, 3.8) is 0 Å². The van der Waals surface area contributed by atoms with Gasteiger partial charge in [0.05, 0.1) is 6.04 Å². The molecule has 0 aromatic rings. The van der Waals surface area contributed by atoms with Gasteiger partial charge in [-0.1, -0.05) is 73.1 Å². The van der Waals surface area contributed by atoms with Crippen LogP contribution in [0.15, 0.2) is 0 Å². The van der Waals surface area contributed by atoms with Crippen LogP contribution in [0.5, 0.6) is 0 Å². The van der Waals surface area contributed by atoms with E-state index in [-0.39, 0.29) is 5.79 Å². The Bertz CT molecular complexity index is 307. The molecule has 0 saturated carbocycles. The molecule has 0 aromatic heterocycles. The van der Waals surface area contributed by atoms with E-state index in [1.54, 1.807) is 0 Å². The van der Waals surface area contributed by atoms with E-state index in [1.807, 2.05) is 0 Å². The fourth-order valence-corrected chi connectivity index (χ4v) is 4.79. The highest BCUT2D eigenvalue weighted by atomic mass is 15.5. The number of rotatable bonds is 20. The summed E-state index contributed by atoms with van der Waals surface area (Å²) in [7, 11) is 4.35. The van der Waals surface area contributed by atoms with Crippen LogP contribution in [0, 0.1) is 0 Å². The summed E-state index contributed by atoms with van der Waals surface area (Å²) in [5.41, 5.74) is 0. The predicted octanol–water partition coefficient (Wildman–Crippen LogP) is 5.44. The molecule has 0 aromatic carbocycles. The topological polar surface area (TPSA) is 30.5 Å². The Morgan fingerprint density at radius 3 is 1.39 bits per heavy atom. The van der Waals surface area contributed by atoms with Crippen molar-refractivity contribution in [2.75, 3.05) is 40.3 Å². The van der Waals surface area contributed by atoms with E-state index in [0.717, 1.165) is 26.2 Å². The maximum atomic E-state index is 3.86. The van der Waals surface area contributed by atoms with Gasteiger partial charge in [-0.25, -0.2) is 0 Å². The first-order valence-corrected chi connectivity index (χ1v) is 12.5. The molecule has 1 atom stereocenters. The van der Waals surface area contributed by atoms with E-state index < -0.39 is 0 Å². The zero-order valence-corrected chi connectivity index (χ0v) is 20.6. The van der Waals surface area contributed by atoms with Gasteiger partial charge < -0.3 is 5.32 Å². The van der Waals surface area contributed by atoms with Gasteiger partial charge in [0.1, 0.15) is 5.79 Å². The minimum absolute atomic E-state index is 0.101. The van der Waals surface area contributed by atoms with Crippen LogP contribution >= 0.6 is 0 Å². The van der Waals surface area contributed by atoms with Crippen LogP contribution in [0.4, 0.5) is 0 Å². The lowest BCUT2D eigenvalue weighted by molar-refractivity contribution is -0.108. The minimum Gasteiger partial charge on any atom is -0.313 e. The summed E-state index contributed by atoms with van der Waals surface area (Å²) in [6.45, 7) is 16.1. The van der Waals surface area contributed by atoms with Gasteiger partial charge in [0.2, 0.25) is 0 Å². The summed E-state index contributed by atoms with van der Waals surface area (Å²) in [5, 5.41) is 7.60. The van der Waals surface area contributed by atoms with Gasteiger partial charge in [0.15, 0.2) is 0 Å². The van der Waals surface area contributed by atoms with Crippen molar-refractivity contribution in [2.24, 2.45) is 0 Å². The largest absolute Gasteiger partial charge is 0.313 e. The van der Waals surface area contributed by atoms with Crippen LogP contribution < -0.4 is 10.6 Å². The summed E-state index contributed by atoms with van der Waals surface area (Å²) in [6.07, 6.45) is 14.2. The predicted molar refractivity (Wildman–Crippen MR) is 127 cm³/mol. The number of likely N-dealkylation sites (N-methyl/N-ethyl adjacent to an activating group) is 2. The highest BCUT2D eigenvalue weighted by Gasteiger charge is 2.45. The molecule has 0 heterocycles. The Labute approximate surface area is 178 Å². The van der Waals surface area contributed by atoms with Crippen molar-refractivity contribution < 1.29 is 0 Å². The van der Waals surface area contributed by atoms with Gasteiger partial charge in [-0.3, -0.25) is 15.1 Å². The van der Waals surface area contributed by atoms with Gasteiger partial charge >= 0.3 is 0 Å². The molecule has 0 spiro atoms. The highest BCUT2D eigenvalue weighted by Crippen LogP contribution is 2.27. The quantitative estimate of drug-likeness (QED) is 0.211. The molecule has 0 amide bonds. The fourth-order valence-electron chi connectivity index (χ4n) is 4.79. The molecule has 0 aliphatic carbocycles. The van der Waals surface area contributed by atoms with Gasteiger partial charge in [0, 0.05) is 26.2 Å². The molecule has 0 radical (unpaired) electrons. The van der Waals surface area contributed by atoms with Crippen molar-refractivity contribution >= 4 is 0 Å². The molecule has 0 bridgehead atoms.